The van der Waals surface area contributed by atoms with Crippen molar-refractivity contribution in [1.82, 2.24) is 4.90 Å². The second kappa shape index (κ2) is 4.43. The van der Waals surface area contributed by atoms with Crippen LogP contribution in [0.2, 0.25) is 0 Å². The molecular weight excluding hydrogens is 194 g/mol. The summed E-state index contributed by atoms with van der Waals surface area (Å²) in [4.78, 5) is 3.78. The smallest absolute Gasteiger partial charge is 0.0667 e. The summed E-state index contributed by atoms with van der Waals surface area (Å²) in [5, 5.41) is 11.7. The zero-order valence-electron chi connectivity index (χ0n) is 8.52. The van der Waals surface area contributed by atoms with Crippen molar-refractivity contribution in [2.24, 2.45) is 0 Å². The molecule has 2 rings (SSSR count). The first-order valence-corrected chi connectivity index (χ1v) is 6.11. The van der Waals surface area contributed by atoms with E-state index in [1.54, 1.807) is 11.3 Å². The molecule has 0 saturated carbocycles. The molecule has 1 saturated heterocycles. The van der Waals surface area contributed by atoms with Crippen molar-refractivity contribution in [3.05, 3.63) is 22.4 Å². The van der Waals surface area contributed by atoms with Crippen molar-refractivity contribution < 1.29 is 5.11 Å². The first-order chi connectivity index (χ1) is 6.77. The Bertz CT molecular complexity index is 273. The summed E-state index contributed by atoms with van der Waals surface area (Å²) in [5.41, 5.74) is 0. The molecule has 2 heterocycles. The molecule has 1 aromatic rings. The molecule has 0 aromatic carbocycles. The average Bonchev–Trinajstić information content (AvgIpc) is 2.69. The summed E-state index contributed by atoms with van der Waals surface area (Å²) >= 11 is 1.80. The SMILES string of the molecule is CC(c1cccs1)N1CCC[C@@H](O)C1. The number of hydrogen-bond donors (Lipinski definition) is 1. The molecule has 0 spiro atoms. The van der Waals surface area contributed by atoms with E-state index in [4.69, 9.17) is 0 Å². The third-order valence-electron chi connectivity index (χ3n) is 2.93. The van der Waals surface area contributed by atoms with Crippen LogP contribution in [0.1, 0.15) is 30.7 Å². The van der Waals surface area contributed by atoms with Crippen LogP contribution in [0, 0.1) is 0 Å². The molecule has 78 valence electrons. The van der Waals surface area contributed by atoms with Crippen LogP contribution in [0.3, 0.4) is 0 Å². The van der Waals surface area contributed by atoms with Gasteiger partial charge in [-0.05, 0) is 37.8 Å². The van der Waals surface area contributed by atoms with Crippen LogP contribution in [0.25, 0.3) is 0 Å². The fraction of sp³-hybridized carbons (Fsp3) is 0.636. The van der Waals surface area contributed by atoms with E-state index < -0.39 is 0 Å². The minimum absolute atomic E-state index is 0.119. The van der Waals surface area contributed by atoms with Gasteiger partial charge in [-0.25, -0.2) is 0 Å². The molecule has 2 atom stereocenters. The maximum absolute atomic E-state index is 9.59. The minimum atomic E-state index is -0.119. The molecule has 14 heavy (non-hydrogen) atoms. The fourth-order valence-corrected chi connectivity index (χ4v) is 2.86. The van der Waals surface area contributed by atoms with Gasteiger partial charge in [0.05, 0.1) is 6.10 Å². The van der Waals surface area contributed by atoms with Gasteiger partial charge in [-0.2, -0.15) is 0 Å². The standard InChI is InChI=1S/C11H17NOS/c1-9(11-5-3-7-14-11)12-6-2-4-10(13)8-12/h3,5,7,9-10,13H,2,4,6,8H2,1H3/t9?,10-/m1/s1. The van der Waals surface area contributed by atoms with E-state index in [2.05, 4.69) is 29.3 Å². The highest BCUT2D eigenvalue weighted by Crippen LogP contribution is 2.27. The van der Waals surface area contributed by atoms with Crippen molar-refractivity contribution in [3.8, 4) is 0 Å². The molecule has 1 fully saturated rings. The van der Waals surface area contributed by atoms with Crippen LogP contribution in [-0.2, 0) is 0 Å². The molecule has 1 unspecified atom stereocenters. The number of thiophene rings is 1. The summed E-state index contributed by atoms with van der Waals surface area (Å²) in [5.74, 6) is 0. The van der Waals surface area contributed by atoms with Crippen LogP contribution in [-0.4, -0.2) is 29.2 Å². The van der Waals surface area contributed by atoms with Gasteiger partial charge in [0.15, 0.2) is 0 Å². The highest BCUT2D eigenvalue weighted by Gasteiger charge is 2.23. The van der Waals surface area contributed by atoms with E-state index in [1.165, 1.54) is 4.88 Å². The Labute approximate surface area is 89.2 Å². The molecule has 0 aliphatic carbocycles. The monoisotopic (exact) mass is 211 g/mol. The Balaban J connectivity index is 2.00. The third kappa shape index (κ3) is 2.16. The van der Waals surface area contributed by atoms with Gasteiger partial charge in [0.2, 0.25) is 0 Å². The van der Waals surface area contributed by atoms with Crippen LogP contribution in [0.15, 0.2) is 17.5 Å². The number of rotatable bonds is 2. The van der Waals surface area contributed by atoms with Crippen molar-refractivity contribution in [2.75, 3.05) is 13.1 Å². The van der Waals surface area contributed by atoms with E-state index in [0.717, 1.165) is 25.9 Å². The average molecular weight is 211 g/mol. The summed E-state index contributed by atoms with van der Waals surface area (Å²) in [6.45, 7) is 4.18. The van der Waals surface area contributed by atoms with Crippen molar-refractivity contribution in [2.45, 2.75) is 31.9 Å². The lowest BCUT2D eigenvalue weighted by Gasteiger charge is -2.34. The minimum Gasteiger partial charge on any atom is -0.392 e. The van der Waals surface area contributed by atoms with Gasteiger partial charge in [0.25, 0.3) is 0 Å². The molecule has 1 N–H and O–H groups in total. The van der Waals surface area contributed by atoms with Crippen LogP contribution in [0.5, 0.6) is 0 Å². The van der Waals surface area contributed by atoms with E-state index in [0.29, 0.717) is 6.04 Å². The Morgan fingerprint density at radius 1 is 1.64 bits per heavy atom. The first-order valence-electron chi connectivity index (χ1n) is 5.23. The van der Waals surface area contributed by atoms with E-state index >= 15 is 0 Å². The number of nitrogens with zero attached hydrogens (tertiary/aromatic N) is 1. The molecule has 3 heteroatoms. The van der Waals surface area contributed by atoms with Crippen molar-refractivity contribution in [3.63, 3.8) is 0 Å². The highest BCUT2D eigenvalue weighted by atomic mass is 32.1. The Hall–Kier alpha value is -0.380. The Kier molecular flexibility index (Phi) is 3.21. The summed E-state index contributed by atoms with van der Waals surface area (Å²) in [7, 11) is 0. The van der Waals surface area contributed by atoms with Gasteiger partial charge < -0.3 is 5.11 Å². The second-order valence-electron chi connectivity index (χ2n) is 3.98. The van der Waals surface area contributed by atoms with Crippen LogP contribution in [0.4, 0.5) is 0 Å². The number of aliphatic hydroxyl groups excluding tert-OH is 1. The van der Waals surface area contributed by atoms with Gasteiger partial charge in [-0.3, -0.25) is 4.90 Å². The predicted molar refractivity (Wildman–Crippen MR) is 59.5 cm³/mol. The Morgan fingerprint density at radius 3 is 3.14 bits per heavy atom. The second-order valence-corrected chi connectivity index (χ2v) is 4.96. The topological polar surface area (TPSA) is 23.5 Å². The van der Waals surface area contributed by atoms with Crippen molar-refractivity contribution >= 4 is 11.3 Å². The maximum atomic E-state index is 9.59. The predicted octanol–water partition coefficient (Wildman–Crippen LogP) is 2.27. The van der Waals surface area contributed by atoms with Gasteiger partial charge in [0, 0.05) is 17.5 Å². The number of piperidine rings is 1. The lowest BCUT2D eigenvalue weighted by Crippen LogP contribution is -2.39. The molecule has 1 aliphatic heterocycles. The zero-order chi connectivity index (χ0) is 9.97. The highest BCUT2D eigenvalue weighted by molar-refractivity contribution is 7.10. The van der Waals surface area contributed by atoms with Crippen LogP contribution < -0.4 is 0 Å². The summed E-state index contributed by atoms with van der Waals surface area (Å²) in [6, 6.07) is 4.73. The molecule has 1 aliphatic rings. The third-order valence-corrected chi connectivity index (χ3v) is 3.97. The van der Waals surface area contributed by atoms with Gasteiger partial charge >= 0.3 is 0 Å². The maximum Gasteiger partial charge on any atom is 0.0667 e. The molecule has 0 bridgehead atoms. The molecule has 1 aromatic heterocycles. The zero-order valence-corrected chi connectivity index (χ0v) is 9.33. The van der Waals surface area contributed by atoms with Gasteiger partial charge in [0.1, 0.15) is 0 Å². The first kappa shape index (κ1) is 10.1. The molecule has 0 amide bonds. The molecule has 0 radical (unpaired) electrons. The normalized spacial score (nSPS) is 26.3. The van der Waals surface area contributed by atoms with E-state index in [9.17, 15) is 5.11 Å². The number of aliphatic hydroxyl groups is 1. The van der Waals surface area contributed by atoms with Gasteiger partial charge in [-0.1, -0.05) is 6.07 Å². The number of hydrogen-bond acceptors (Lipinski definition) is 3. The fourth-order valence-electron chi connectivity index (χ4n) is 2.04. The van der Waals surface area contributed by atoms with E-state index in [1.807, 2.05) is 0 Å². The van der Waals surface area contributed by atoms with Crippen LogP contribution >= 0.6 is 11.3 Å². The number of likely N-dealkylation sites (tertiary alicyclic amines) is 1. The lowest BCUT2D eigenvalue weighted by molar-refractivity contribution is 0.0511. The largest absolute Gasteiger partial charge is 0.392 e. The molecular formula is C11H17NOS. The number of β-amino-alcohol motifs (C(OH)–C–C–N with tert-alkyl or cyclic N) is 1. The Morgan fingerprint density at radius 2 is 2.50 bits per heavy atom. The van der Waals surface area contributed by atoms with Gasteiger partial charge in [-0.15, -0.1) is 11.3 Å². The summed E-state index contributed by atoms with van der Waals surface area (Å²) in [6.07, 6.45) is 1.97. The summed E-state index contributed by atoms with van der Waals surface area (Å²) < 4.78 is 0. The van der Waals surface area contributed by atoms with E-state index in [-0.39, 0.29) is 6.10 Å². The lowest BCUT2D eigenvalue weighted by atomic mass is 10.1. The van der Waals surface area contributed by atoms with Crippen molar-refractivity contribution in [1.29, 1.82) is 0 Å². The quantitative estimate of drug-likeness (QED) is 0.811. The molecule has 2 nitrogen and oxygen atoms in total.